The third-order valence-electron chi connectivity index (χ3n) is 3.80. The molecular formula is C21H27N3O4. The molecule has 2 rings (SSSR count). The summed E-state index contributed by atoms with van der Waals surface area (Å²) in [4.78, 5) is 24.0. The molecule has 28 heavy (non-hydrogen) atoms. The molecule has 0 bridgehead atoms. The van der Waals surface area contributed by atoms with Gasteiger partial charge in [0.25, 0.3) is 5.91 Å². The molecular weight excluding hydrogens is 358 g/mol. The van der Waals surface area contributed by atoms with Gasteiger partial charge in [-0.05, 0) is 55.0 Å². The summed E-state index contributed by atoms with van der Waals surface area (Å²) in [5.41, 5.74) is 2.02. The number of ether oxygens (including phenoxy) is 2. The van der Waals surface area contributed by atoms with Gasteiger partial charge in [-0.15, -0.1) is 0 Å². The average molecular weight is 385 g/mol. The van der Waals surface area contributed by atoms with Crippen LogP contribution in [0.5, 0.6) is 5.75 Å². The van der Waals surface area contributed by atoms with E-state index in [0.717, 1.165) is 17.9 Å². The van der Waals surface area contributed by atoms with E-state index in [4.69, 9.17) is 9.47 Å². The Balaban J connectivity index is 1.77. The maximum atomic E-state index is 12.1. The van der Waals surface area contributed by atoms with Crippen molar-refractivity contribution in [3.63, 3.8) is 0 Å². The van der Waals surface area contributed by atoms with Gasteiger partial charge in [0.1, 0.15) is 5.75 Å². The number of rotatable bonds is 11. The molecule has 0 saturated heterocycles. The Bertz CT molecular complexity index is 745. The Hall–Kier alpha value is -3.06. The smallest absolute Gasteiger partial charge is 0.251 e. The van der Waals surface area contributed by atoms with E-state index < -0.39 is 0 Å². The minimum Gasteiger partial charge on any atom is -0.494 e. The van der Waals surface area contributed by atoms with Crippen LogP contribution >= 0.6 is 0 Å². The lowest BCUT2D eigenvalue weighted by Crippen LogP contribution is -2.26. The Morgan fingerprint density at radius 1 is 0.929 bits per heavy atom. The standard InChI is InChI=1S/C21H27N3O4/c1-3-13-28-19-10-8-18(9-11-19)24-20(25)15-23-17-6-4-16(5-7-17)21(26)22-12-14-27-2/h4-11,23H,3,12-15H2,1-2H3,(H,22,26)(H,24,25). The van der Waals surface area contributed by atoms with Crippen molar-refractivity contribution in [1.29, 1.82) is 0 Å². The van der Waals surface area contributed by atoms with Gasteiger partial charge in [0.2, 0.25) is 5.91 Å². The van der Waals surface area contributed by atoms with Gasteiger partial charge < -0.3 is 25.4 Å². The van der Waals surface area contributed by atoms with Gasteiger partial charge in [-0.3, -0.25) is 9.59 Å². The van der Waals surface area contributed by atoms with Crippen molar-refractivity contribution in [2.45, 2.75) is 13.3 Å². The van der Waals surface area contributed by atoms with Gasteiger partial charge in [-0.25, -0.2) is 0 Å². The highest BCUT2D eigenvalue weighted by Gasteiger charge is 2.06. The highest BCUT2D eigenvalue weighted by Crippen LogP contribution is 2.16. The molecule has 150 valence electrons. The third-order valence-corrected chi connectivity index (χ3v) is 3.80. The number of carbonyl (C=O) groups excluding carboxylic acids is 2. The number of benzene rings is 2. The number of hydrogen-bond acceptors (Lipinski definition) is 5. The zero-order chi connectivity index (χ0) is 20.2. The minimum absolute atomic E-state index is 0.119. The zero-order valence-corrected chi connectivity index (χ0v) is 16.3. The summed E-state index contributed by atoms with van der Waals surface area (Å²) < 4.78 is 10.4. The molecule has 2 aromatic rings. The lowest BCUT2D eigenvalue weighted by Gasteiger charge is -2.10. The van der Waals surface area contributed by atoms with Crippen molar-refractivity contribution in [1.82, 2.24) is 5.32 Å². The molecule has 7 nitrogen and oxygen atoms in total. The van der Waals surface area contributed by atoms with E-state index in [1.807, 2.05) is 19.1 Å². The van der Waals surface area contributed by atoms with E-state index in [1.165, 1.54) is 0 Å². The molecule has 0 spiro atoms. The van der Waals surface area contributed by atoms with E-state index in [0.29, 0.717) is 31.0 Å². The van der Waals surface area contributed by atoms with Gasteiger partial charge in [-0.2, -0.15) is 0 Å². The first-order chi connectivity index (χ1) is 13.6. The first-order valence-electron chi connectivity index (χ1n) is 9.26. The van der Waals surface area contributed by atoms with Crippen molar-refractivity contribution < 1.29 is 19.1 Å². The summed E-state index contributed by atoms with van der Waals surface area (Å²) in [5.74, 6) is 0.459. The van der Waals surface area contributed by atoms with Crippen LogP contribution in [-0.4, -0.2) is 45.2 Å². The molecule has 0 saturated carbocycles. The largest absolute Gasteiger partial charge is 0.494 e. The van der Waals surface area contributed by atoms with E-state index in [-0.39, 0.29) is 18.4 Å². The highest BCUT2D eigenvalue weighted by atomic mass is 16.5. The fourth-order valence-corrected chi connectivity index (χ4v) is 2.35. The SMILES string of the molecule is CCCOc1ccc(NC(=O)CNc2ccc(C(=O)NCCOC)cc2)cc1. The van der Waals surface area contributed by atoms with Crippen molar-refractivity contribution in [2.24, 2.45) is 0 Å². The van der Waals surface area contributed by atoms with E-state index in [9.17, 15) is 9.59 Å². The molecule has 2 aromatic carbocycles. The third kappa shape index (κ3) is 7.28. The summed E-state index contributed by atoms with van der Waals surface area (Å²) >= 11 is 0. The molecule has 0 unspecified atom stereocenters. The quantitative estimate of drug-likeness (QED) is 0.518. The Morgan fingerprint density at radius 3 is 2.25 bits per heavy atom. The maximum Gasteiger partial charge on any atom is 0.251 e. The normalized spacial score (nSPS) is 10.2. The molecule has 0 atom stereocenters. The van der Waals surface area contributed by atoms with Gasteiger partial charge >= 0.3 is 0 Å². The maximum absolute atomic E-state index is 12.1. The average Bonchev–Trinajstić information content (AvgIpc) is 2.72. The van der Waals surface area contributed by atoms with E-state index in [2.05, 4.69) is 16.0 Å². The number of methoxy groups -OCH3 is 1. The molecule has 2 amide bonds. The van der Waals surface area contributed by atoms with Gasteiger partial charge in [0, 0.05) is 30.6 Å². The van der Waals surface area contributed by atoms with E-state index >= 15 is 0 Å². The summed E-state index contributed by atoms with van der Waals surface area (Å²) in [6.07, 6.45) is 0.948. The summed E-state index contributed by atoms with van der Waals surface area (Å²) in [7, 11) is 1.58. The first kappa shape index (κ1) is 21.2. The topological polar surface area (TPSA) is 88.7 Å². The highest BCUT2D eigenvalue weighted by molar-refractivity contribution is 5.95. The van der Waals surface area contributed by atoms with Crippen molar-refractivity contribution in [3.05, 3.63) is 54.1 Å². The molecule has 0 aromatic heterocycles. The summed E-state index contributed by atoms with van der Waals surface area (Å²) in [6, 6.07) is 14.2. The molecule has 0 heterocycles. The van der Waals surface area contributed by atoms with Crippen LogP contribution in [0.2, 0.25) is 0 Å². The number of hydrogen-bond donors (Lipinski definition) is 3. The Kier molecular flexibility index (Phi) is 8.81. The van der Waals surface area contributed by atoms with Crippen LogP contribution in [0.15, 0.2) is 48.5 Å². The number of amides is 2. The van der Waals surface area contributed by atoms with Crippen LogP contribution < -0.4 is 20.7 Å². The molecule has 7 heteroatoms. The number of carbonyl (C=O) groups is 2. The van der Waals surface area contributed by atoms with Crippen LogP contribution in [-0.2, 0) is 9.53 Å². The Morgan fingerprint density at radius 2 is 1.61 bits per heavy atom. The van der Waals surface area contributed by atoms with Crippen molar-refractivity contribution in [2.75, 3.05) is 44.0 Å². The molecule has 3 N–H and O–H groups in total. The van der Waals surface area contributed by atoms with Gasteiger partial charge in [-0.1, -0.05) is 6.92 Å². The number of nitrogens with one attached hydrogen (secondary N) is 3. The van der Waals surface area contributed by atoms with Crippen molar-refractivity contribution in [3.8, 4) is 5.75 Å². The Labute approximate surface area is 165 Å². The van der Waals surface area contributed by atoms with Crippen LogP contribution in [0.4, 0.5) is 11.4 Å². The van der Waals surface area contributed by atoms with Crippen LogP contribution in [0.25, 0.3) is 0 Å². The monoisotopic (exact) mass is 385 g/mol. The molecule has 0 aliphatic heterocycles. The van der Waals surface area contributed by atoms with Crippen LogP contribution in [0.1, 0.15) is 23.7 Å². The van der Waals surface area contributed by atoms with Crippen LogP contribution in [0.3, 0.4) is 0 Å². The van der Waals surface area contributed by atoms with Crippen LogP contribution in [0, 0.1) is 0 Å². The predicted molar refractivity (Wildman–Crippen MR) is 110 cm³/mol. The van der Waals surface area contributed by atoms with E-state index in [1.54, 1.807) is 43.5 Å². The fourth-order valence-electron chi connectivity index (χ4n) is 2.35. The lowest BCUT2D eigenvalue weighted by atomic mass is 10.2. The lowest BCUT2D eigenvalue weighted by molar-refractivity contribution is -0.114. The fraction of sp³-hybridized carbons (Fsp3) is 0.333. The van der Waals surface area contributed by atoms with Gasteiger partial charge in [0.15, 0.2) is 0 Å². The second-order valence-electron chi connectivity index (χ2n) is 6.10. The first-order valence-corrected chi connectivity index (χ1v) is 9.26. The summed E-state index contributed by atoms with van der Waals surface area (Å²) in [6.45, 7) is 3.76. The minimum atomic E-state index is -0.163. The number of anilines is 2. The second kappa shape index (κ2) is 11.6. The molecule has 0 fully saturated rings. The second-order valence-corrected chi connectivity index (χ2v) is 6.10. The predicted octanol–water partition coefficient (Wildman–Crippen LogP) is 2.90. The molecule has 0 radical (unpaired) electrons. The molecule has 0 aliphatic rings. The van der Waals surface area contributed by atoms with Crippen molar-refractivity contribution >= 4 is 23.2 Å². The summed E-state index contributed by atoms with van der Waals surface area (Å²) in [5, 5.41) is 8.61. The zero-order valence-electron chi connectivity index (χ0n) is 16.3. The van der Waals surface area contributed by atoms with Gasteiger partial charge in [0.05, 0.1) is 19.8 Å². The molecule has 0 aliphatic carbocycles.